The zero-order valence-corrected chi connectivity index (χ0v) is 21.6. The lowest BCUT2D eigenvalue weighted by molar-refractivity contribution is -0.142. The highest BCUT2D eigenvalue weighted by atomic mass is 16.3. The number of allylic oxidation sites excluding steroid dienone is 2. The average molecular weight is 427 g/mol. The molecule has 0 aromatic carbocycles. The maximum Gasteiger partial charge on any atom is 0.0568 e. The van der Waals surface area contributed by atoms with Crippen LogP contribution in [0.5, 0.6) is 0 Å². The van der Waals surface area contributed by atoms with Crippen molar-refractivity contribution in [1.82, 2.24) is 0 Å². The van der Waals surface area contributed by atoms with Gasteiger partial charge in [-0.15, -0.1) is 0 Å². The van der Waals surface area contributed by atoms with Gasteiger partial charge in [0, 0.05) is 0 Å². The van der Waals surface area contributed by atoms with Crippen LogP contribution in [0.1, 0.15) is 113 Å². The Morgan fingerprint density at radius 1 is 0.935 bits per heavy atom. The maximum atomic E-state index is 10.6. The van der Waals surface area contributed by atoms with Crippen LogP contribution in [-0.4, -0.2) is 11.2 Å². The Bertz CT molecular complexity index is 752. The van der Waals surface area contributed by atoms with Gasteiger partial charge in [-0.2, -0.15) is 0 Å². The van der Waals surface area contributed by atoms with Crippen LogP contribution in [0.25, 0.3) is 0 Å². The summed E-state index contributed by atoms with van der Waals surface area (Å²) in [5.74, 6) is 4.67. The van der Waals surface area contributed by atoms with Gasteiger partial charge in [-0.1, -0.05) is 53.2 Å². The van der Waals surface area contributed by atoms with Crippen molar-refractivity contribution in [2.75, 3.05) is 0 Å². The first-order chi connectivity index (χ1) is 14.5. The van der Waals surface area contributed by atoms with Crippen LogP contribution in [0.3, 0.4) is 0 Å². The molecular weight excluding hydrogens is 376 g/mol. The summed E-state index contributed by atoms with van der Waals surface area (Å²) in [5, 5.41) is 10.6. The number of aliphatic hydroxyl groups is 1. The average Bonchev–Trinajstić information content (AvgIpc) is 3.31. The summed E-state index contributed by atoms with van der Waals surface area (Å²) >= 11 is 0. The van der Waals surface area contributed by atoms with Gasteiger partial charge in [0.1, 0.15) is 0 Å². The Morgan fingerprint density at radius 3 is 2.39 bits per heavy atom. The van der Waals surface area contributed by atoms with E-state index in [0.29, 0.717) is 33.5 Å². The van der Waals surface area contributed by atoms with E-state index in [4.69, 9.17) is 0 Å². The molecule has 10 unspecified atom stereocenters. The molecule has 0 radical (unpaired) electrons. The number of fused-ring (bicyclic) bond motifs is 2. The van der Waals surface area contributed by atoms with Gasteiger partial charge in [0.2, 0.25) is 0 Å². The van der Waals surface area contributed by atoms with E-state index < -0.39 is 0 Å². The van der Waals surface area contributed by atoms with Crippen molar-refractivity contribution in [1.29, 1.82) is 0 Å². The summed E-state index contributed by atoms with van der Waals surface area (Å²) in [6.45, 7) is 17.4. The minimum Gasteiger partial charge on any atom is -0.393 e. The summed E-state index contributed by atoms with van der Waals surface area (Å²) in [6, 6.07) is 0. The molecule has 0 aromatic heterocycles. The SMILES string of the molecule is C/C(=C\CC(C)C1CCC2(C)C3CCC4C(C)C(O)CCC45CC35CCC12C)C(C)C. The van der Waals surface area contributed by atoms with Crippen LogP contribution >= 0.6 is 0 Å². The van der Waals surface area contributed by atoms with Crippen LogP contribution in [0, 0.1) is 57.2 Å². The second-order valence-corrected chi connectivity index (χ2v) is 14.0. The third-order valence-electron chi connectivity index (χ3n) is 13.1. The minimum absolute atomic E-state index is 0.0340. The fourth-order valence-corrected chi connectivity index (χ4v) is 10.7. The van der Waals surface area contributed by atoms with Crippen molar-refractivity contribution >= 4 is 0 Å². The highest BCUT2D eigenvalue weighted by Gasteiger charge is 2.81. The van der Waals surface area contributed by atoms with E-state index in [-0.39, 0.29) is 6.10 Å². The van der Waals surface area contributed by atoms with Gasteiger partial charge >= 0.3 is 0 Å². The van der Waals surface area contributed by atoms with Gasteiger partial charge < -0.3 is 5.11 Å². The van der Waals surface area contributed by atoms with Gasteiger partial charge in [-0.25, -0.2) is 0 Å². The third-order valence-corrected chi connectivity index (χ3v) is 13.1. The summed E-state index contributed by atoms with van der Waals surface area (Å²) in [6.07, 6.45) is 16.4. The Hall–Kier alpha value is -0.300. The normalized spacial score (nSPS) is 54.6. The van der Waals surface area contributed by atoms with Crippen LogP contribution in [0.4, 0.5) is 0 Å². The molecule has 176 valence electrons. The first kappa shape index (κ1) is 22.5. The fourth-order valence-electron chi connectivity index (χ4n) is 10.7. The molecule has 2 spiro atoms. The van der Waals surface area contributed by atoms with Crippen molar-refractivity contribution in [2.24, 2.45) is 57.2 Å². The minimum atomic E-state index is -0.0340. The fraction of sp³-hybridized carbons (Fsp3) is 0.933. The highest BCUT2D eigenvalue weighted by molar-refractivity contribution is 5.29. The second kappa shape index (κ2) is 7.10. The van der Waals surface area contributed by atoms with Crippen LogP contribution in [0.15, 0.2) is 11.6 Å². The molecule has 5 fully saturated rings. The van der Waals surface area contributed by atoms with Gasteiger partial charge in [-0.3, -0.25) is 0 Å². The van der Waals surface area contributed by atoms with E-state index in [9.17, 15) is 5.11 Å². The highest BCUT2D eigenvalue weighted by Crippen LogP contribution is 2.88. The quantitative estimate of drug-likeness (QED) is 0.451. The number of hydrogen-bond acceptors (Lipinski definition) is 1. The third kappa shape index (κ3) is 2.77. The first-order valence-electron chi connectivity index (χ1n) is 13.9. The lowest BCUT2D eigenvalue weighted by Crippen LogP contribution is -2.55. The zero-order chi connectivity index (χ0) is 22.4. The van der Waals surface area contributed by atoms with E-state index in [1.807, 2.05) is 0 Å². The Morgan fingerprint density at radius 2 is 1.68 bits per heavy atom. The Balaban J connectivity index is 1.40. The van der Waals surface area contributed by atoms with Gasteiger partial charge in [0.05, 0.1) is 6.10 Å². The van der Waals surface area contributed by atoms with E-state index in [1.165, 1.54) is 57.8 Å². The molecule has 5 aliphatic rings. The lowest BCUT2D eigenvalue weighted by Gasteiger charge is -2.62. The van der Waals surface area contributed by atoms with E-state index >= 15 is 0 Å². The lowest BCUT2D eigenvalue weighted by atomic mass is 9.43. The smallest absolute Gasteiger partial charge is 0.0568 e. The van der Waals surface area contributed by atoms with Crippen molar-refractivity contribution < 1.29 is 5.11 Å². The molecule has 1 N–H and O–H groups in total. The van der Waals surface area contributed by atoms with Gasteiger partial charge in [0.25, 0.3) is 0 Å². The molecule has 10 atom stereocenters. The van der Waals surface area contributed by atoms with Crippen LogP contribution < -0.4 is 0 Å². The predicted molar refractivity (Wildman–Crippen MR) is 131 cm³/mol. The molecule has 0 amide bonds. The molecule has 0 heterocycles. The number of rotatable bonds is 4. The molecule has 0 saturated heterocycles. The summed E-state index contributed by atoms with van der Waals surface area (Å²) in [5.41, 5.74) is 3.89. The number of hydrogen-bond donors (Lipinski definition) is 1. The topological polar surface area (TPSA) is 20.2 Å². The summed E-state index contributed by atoms with van der Waals surface area (Å²) < 4.78 is 0. The number of aliphatic hydroxyl groups excluding tert-OH is 1. The maximum absolute atomic E-state index is 10.6. The van der Waals surface area contributed by atoms with Crippen molar-refractivity contribution in [3.8, 4) is 0 Å². The molecule has 0 aromatic rings. The monoisotopic (exact) mass is 426 g/mol. The molecule has 5 rings (SSSR count). The summed E-state index contributed by atoms with van der Waals surface area (Å²) in [7, 11) is 0. The molecule has 5 aliphatic carbocycles. The second-order valence-electron chi connectivity index (χ2n) is 14.0. The molecule has 1 nitrogen and oxygen atoms in total. The Labute approximate surface area is 192 Å². The van der Waals surface area contributed by atoms with Gasteiger partial charge in [-0.05, 0) is 128 Å². The molecule has 5 saturated carbocycles. The standard InChI is InChI=1S/C30H50O/c1-19(2)20(3)8-9-21(4)23-12-14-28(7)26-11-10-24-22(5)25(31)13-15-29(24)18-30(26,29)17-16-27(23,28)6/h8,19,21-26,31H,9-18H2,1-7H3/b20-8+. The van der Waals surface area contributed by atoms with E-state index in [2.05, 4.69) is 54.5 Å². The zero-order valence-electron chi connectivity index (χ0n) is 21.6. The largest absolute Gasteiger partial charge is 0.393 e. The van der Waals surface area contributed by atoms with Gasteiger partial charge in [0.15, 0.2) is 0 Å². The van der Waals surface area contributed by atoms with E-state index in [1.54, 1.807) is 5.57 Å². The molecule has 31 heavy (non-hydrogen) atoms. The molecule has 0 aliphatic heterocycles. The predicted octanol–water partition coefficient (Wildman–Crippen LogP) is 8.02. The molecule has 0 bridgehead atoms. The van der Waals surface area contributed by atoms with Crippen LogP contribution in [-0.2, 0) is 0 Å². The van der Waals surface area contributed by atoms with Crippen LogP contribution in [0.2, 0.25) is 0 Å². The van der Waals surface area contributed by atoms with Crippen molar-refractivity contribution in [3.63, 3.8) is 0 Å². The Kier molecular flexibility index (Phi) is 5.15. The summed E-state index contributed by atoms with van der Waals surface area (Å²) in [4.78, 5) is 0. The molecular formula is C30H50O. The first-order valence-corrected chi connectivity index (χ1v) is 13.9. The van der Waals surface area contributed by atoms with Crippen molar-refractivity contribution in [2.45, 2.75) is 119 Å². The van der Waals surface area contributed by atoms with E-state index in [0.717, 1.165) is 30.1 Å². The van der Waals surface area contributed by atoms with Crippen molar-refractivity contribution in [3.05, 3.63) is 11.6 Å². The molecule has 1 heteroatoms.